The third-order valence-electron chi connectivity index (χ3n) is 4.50. The Kier molecular flexibility index (Phi) is 6.48. The van der Waals surface area contributed by atoms with Crippen LogP contribution in [0.2, 0.25) is 0 Å². The topological polar surface area (TPSA) is 41.6 Å². The van der Waals surface area contributed by atoms with Gasteiger partial charge in [0.05, 0.1) is 12.6 Å². The minimum Gasteiger partial charge on any atom is -0.494 e. The van der Waals surface area contributed by atoms with E-state index in [0.717, 1.165) is 25.3 Å². The Morgan fingerprint density at radius 2 is 2.00 bits per heavy atom. The number of nitrogens with one attached hydrogen (secondary N) is 1. The second-order valence-electron chi connectivity index (χ2n) is 6.36. The third-order valence-corrected chi connectivity index (χ3v) is 5.47. The second-order valence-corrected chi connectivity index (χ2v) is 7.34. The van der Waals surface area contributed by atoms with Crippen LogP contribution in [0, 0.1) is 0 Å². The summed E-state index contributed by atoms with van der Waals surface area (Å²) >= 11 is 1.77. The van der Waals surface area contributed by atoms with Gasteiger partial charge >= 0.3 is 0 Å². The van der Waals surface area contributed by atoms with Crippen molar-refractivity contribution in [1.82, 2.24) is 10.2 Å². The number of hydrogen-bond acceptors (Lipinski definition) is 4. The van der Waals surface area contributed by atoms with Crippen molar-refractivity contribution in [3.8, 4) is 5.75 Å². The molecule has 3 rings (SSSR count). The summed E-state index contributed by atoms with van der Waals surface area (Å²) in [6.07, 6.45) is 3.47. The lowest BCUT2D eigenvalue weighted by Gasteiger charge is -2.26. The molecule has 1 aromatic heterocycles. The molecule has 25 heavy (non-hydrogen) atoms. The van der Waals surface area contributed by atoms with Crippen molar-refractivity contribution in [2.24, 2.45) is 0 Å². The van der Waals surface area contributed by atoms with Gasteiger partial charge in [0.25, 0.3) is 5.91 Å². The van der Waals surface area contributed by atoms with Crippen molar-refractivity contribution < 1.29 is 9.53 Å². The molecular formula is C20H26N2O2S. The maximum Gasteiger partial charge on any atom is 0.251 e. The van der Waals surface area contributed by atoms with Gasteiger partial charge in [0.15, 0.2) is 0 Å². The average molecular weight is 359 g/mol. The molecule has 1 N–H and O–H groups in total. The van der Waals surface area contributed by atoms with Gasteiger partial charge in [-0.15, -0.1) is 11.3 Å². The number of carbonyl (C=O) groups is 1. The molecule has 1 aromatic carbocycles. The Morgan fingerprint density at radius 1 is 1.24 bits per heavy atom. The molecule has 0 unspecified atom stereocenters. The van der Waals surface area contributed by atoms with E-state index in [1.54, 1.807) is 11.3 Å². The summed E-state index contributed by atoms with van der Waals surface area (Å²) in [5.41, 5.74) is 0.676. The lowest BCUT2D eigenvalue weighted by molar-refractivity contribution is 0.0938. The Morgan fingerprint density at radius 3 is 2.64 bits per heavy atom. The standard InChI is InChI=1S/C20H26N2O2S/c1-2-13-24-17-9-7-16(8-10-17)20(23)21-15-18(19-6-5-14-25-19)22-11-3-4-12-22/h5-10,14,18H,2-4,11-13,15H2,1H3,(H,21,23)/t18-/m1/s1. The molecule has 5 heteroatoms. The number of thiophene rings is 1. The van der Waals surface area contributed by atoms with Gasteiger partial charge in [-0.3, -0.25) is 9.69 Å². The highest BCUT2D eigenvalue weighted by molar-refractivity contribution is 7.10. The number of carbonyl (C=O) groups excluding carboxylic acids is 1. The molecule has 2 aromatic rings. The van der Waals surface area contributed by atoms with Crippen molar-refractivity contribution in [3.63, 3.8) is 0 Å². The van der Waals surface area contributed by atoms with Crippen LogP contribution in [0.3, 0.4) is 0 Å². The molecule has 0 saturated carbocycles. The Balaban J connectivity index is 1.59. The molecule has 0 radical (unpaired) electrons. The van der Waals surface area contributed by atoms with Crippen LogP contribution in [-0.2, 0) is 0 Å². The van der Waals surface area contributed by atoms with Crippen LogP contribution < -0.4 is 10.1 Å². The van der Waals surface area contributed by atoms with Gasteiger partial charge in [-0.1, -0.05) is 13.0 Å². The molecule has 2 heterocycles. The van der Waals surface area contributed by atoms with Crippen molar-refractivity contribution in [3.05, 3.63) is 52.2 Å². The lowest BCUT2D eigenvalue weighted by atomic mass is 10.1. The normalized spacial score (nSPS) is 15.9. The molecule has 1 atom stereocenters. The Hall–Kier alpha value is -1.85. The highest BCUT2D eigenvalue weighted by atomic mass is 32.1. The highest BCUT2D eigenvalue weighted by Gasteiger charge is 2.24. The van der Waals surface area contributed by atoms with Crippen LogP contribution >= 0.6 is 11.3 Å². The molecule has 1 saturated heterocycles. The molecule has 0 bridgehead atoms. The maximum absolute atomic E-state index is 12.5. The van der Waals surface area contributed by atoms with Gasteiger partial charge in [-0.2, -0.15) is 0 Å². The van der Waals surface area contributed by atoms with Gasteiger partial charge in [-0.05, 0) is 68.1 Å². The molecule has 1 aliphatic rings. The van der Waals surface area contributed by atoms with E-state index in [-0.39, 0.29) is 11.9 Å². The third kappa shape index (κ3) is 4.83. The summed E-state index contributed by atoms with van der Waals surface area (Å²) in [6.45, 7) is 5.65. The predicted molar refractivity (Wildman–Crippen MR) is 102 cm³/mol. The molecule has 1 fully saturated rings. The smallest absolute Gasteiger partial charge is 0.251 e. The number of ether oxygens (including phenoxy) is 1. The quantitative estimate of drug-likeness (QED) is 0.772. The maximum atomic E-state index is 12.5. The van der Waals surface area contributed by atoms with E-state index in [1.165, 1.54) is 17.7 Å². The summed E-state index contributed by atoms with van der Waals surface area (Å²) in [6, 6.07) is 11.9. The summed E-state index contributed by atoms with van der Waals surface area (Å²) in [5.74, 6) is 0.787. The largest absolute Gasteiger partial charge is 0.494 e. The number of nitrogens with zero attached hydrogens (tertiary/aromatic N) is 1. The van der Waals surface area contributed by atoms with Gasteiger partial charge in [-0.25, -0.2) is 0 Å². The van der Waals surface area contributed by atoms with Crippen LogP contribution in [-0.4, -0.2) is 37.0 Å². The van der Waals surface area contributed by atoms with Gasteiger partial charge in [0, 0.05) is 17.0 Å². The second kappa shape index (κ2) is 9.02. The first-order chi connectivity index (χ1) is 12.3. The van der Waals surface area contributed by atoms with Crippen LogP contribution in [0.1, 0.15) is 47.5 Å². The average Bonchev–Trinajstić information content (AvgIpc) is 3.35. The highest BCUT2D eigenvalue weighted by Crippen LogP contribution is 2.27. The SMILES string of the molecule is CCCOc1ccc(C(=O)NC[C@H](c2cccs2)N2CCCC2)cc1. The summed E-state index contributed by atoms with van der Waals surface area (Å²) in [4.78, 5) is 16.3. The van der Waals surface area contributed by atoms with Crippen molar-refractivity contribution in [2.45, 2.75) is 32.2 Å². The van der Waals surface area contributed by atoms with E-state index in [9.17, 15) is 4.79 Å². The zero-order chi connectivity index (χ0) is 17.5. The minimum atomic E-state index is -0.0252. The number of benzene rings is 1. The van der Waals surface area contributed by atoms with E-state index >= 15 is 0 Å². The Bertz CT molecular complexity index is 649. The first-order valence-corrected chi connectivity index (χ1v) is 9.94. The molecule has 1 aliphatic heterocycles. The lowest BCUT2D eigenvalue weighted by Crippen LogP contribution is -2.36. The van der Waals surface area contributed by atoms with Gasteiger partial charge < -0.3 is 10.1 Å². The zero-order valence-corrected chi connectivity index (χ0v) is 15.6. The molecule has 0 spiro atoms. The molecule has 0 aliphatic carbocycles. The summed E-state index contributed by atoms with van der Waals surface area (Å²) < 4.78 is 5.57. The Labute approximate surface area is 153 Å². The summed E-state index contributed by atoms with van der Waals surface area (Å²) in [7, 11) is 0. The van der Waals surface area contributed by atoms with E-state index < -0.39 is 0 Å². The van der Waals surface area contributed by atoms with Crippen molar-refractivity contribution in [2.75, 3.05) is 26.2 Å². The molecular weight excluding hydrogens is 332 g/mol. The van der Waals surface area contributed by atoms with Crippen LogP contribution in [0.25, 0.3) is 0 Å². The van der Waals surface area contributed by atoms with Crippen molar-refractivity contribution >= 4 is 17.2 Å². The minimum absolute atomic E-state index is 0.0252. The van der Waals surface area contributed by atoms with Crippen LogP contribution in [0.15, 0.2) is 41.8 Å². The predicted octanol–water partition coefficient (Wildman–Crippen LogP) is 4.10. The zero-order valence-electron chi connectivity index (χ0n) is 14.7. The van der Waals surface area contributed by atoms with Crippen molar-refractivity contribution in [1.29, 1.82) is 0 Å². The fourth-order valence-electron chi connectivity index (χ4n) is 3.16. The number of amides is 1. The molecule has 134 valence electrons. The van der Waals surface area contributed by atoms with E-state index in [2.05, 4.69) is 34.7 Å². The molecule has 4 nitrogen and oxygen atoms in total. The number of rotatable bonds is 8. The van der Waals surface area contributed by atoms with Gasteiger partial charge in [0.1, 0.15) is 5.75 Å². The summed E-state index contributed by atoms with van der Waals surface area (Å²) in [5, 5.41) is 5.22. The number of hydrogen-bond donors (Lipinski definition) is 1. The fraction of sp³-hybridized carbons (Fsp3) is 0.450. The van der Waals surface area contributed by atoms with E-state index in [1.807, 2.05) is 24.3 Å². The van der Waals surface area contributed by atoms with Gasteiger partial charge in [0.2, 0.25) is 0 Å². The fourth-order valence-corrected chi connectivity index (χ4v) is 4.02. The number of likely N-dealkylation sites (tertiary alicyclic amines) is 1. The molecule has 1 amide bonds. The van der Waals surface area contributed by atoms with Crippen LogP contribution in [0.4, 0.5) is 0 Å². The first-order valence-electron chi connectivity index (χ1n) is 9.06. The van der Waals surface area contributed by atoms with E-state index in [4.69, 9.17) is 4.74 Å². The monoisotopic (exact) mass is 358 g/mol. The first kappa shape index (κ1) is 18.0. The van der Waals surface area contributed by atoms with E-state index in [0.29, 0.717) is 18.7 Å². The van der Waals surface area contributed by atoms with Crippen LogP contribution in [0.5, 0.6) is 5.75 Å².